The molecular weight excluding hydrogens is 269 g/mol. The van der Waals surface area contributed by atoms with E-state index in [1.165, 1.54) is 12.1 Å². The third kappa shape index (κ3) is 2.45. The predicted molar refractivity (Wildman–Crippen MR) is 79.9 cm³/mol. The molecule has 0 bridgehead atoms. The summed E-state index contributed by atoms with van der Waals surface area (Å²) in [7, 11) is 1.60. The van der Waals surface area contributed by atoms with E-state index in [9.17, 15) is 4.39 Å². The highest BCUT2D eigenvalue weighted by Gasteiger charge is 2.12. The molecule has 1 heterocycles. The van der Waals surface area contributed by atoms with Crippen LogP contribution in [0.25, 0.3) is 16.9 Å². The van der Waals surface area contributed by atoms with Crippen LogP contribution in [0.4, 0.5) is 10.1 Å². The summed E-state index contributed by atoms with van der Waals surface area (Å²) in [5.41, 5.74) is 8.44. The molecule has 4 nitrogen and oxygen atoms in total. The summed E-state index contributed by atoms with van der Waals surface area (Å²) in [4.78, 5) is 0. The monoisotopic (exact) mass is 283 g/mol. The van der Waals surface area contributed by atoms with Crippen LogP contribution in [0, 0.1) is 5.82 Å². The van der Waals surface area contributed by atoms with Crippen molar-refractivity contribution in [1.29, 1.82) is 0 Å². The minimum atomic E-state index is -0.321. The van der Waals surface area contributed by atoms with Crippen molar-refractivity contribution < 1.29 is 9.13 Å². The van der Waals surface area contributed by atoms with E-state index in [0.29, 0.717) is 22.7 Å². The molecule has 0 aliphatic carbocycles. The normalized spacial score (nSPS) is 10.6. The van der Waals surface area contributed by atoms with Crippen LogP contribution in [-0.2, 0) is 0 Å². The van der Waals surface area contributed by atoms with Crippen LogP contribution in [0.1, 0.15) is 0 Å². The first-order chi connectivity index (χ1) is 10.2. The number of ether oxygens (including phenoxy) is 1. The van der Waals surface area contributed by atoms with Gasteiger partial charge in [-0.05, 0) is 24.3 Å². The Bertz CT molecular complexity index is 783. The van der Waals surface area contributed by atoms with Crippen molar-refractivity contribution in [2.24, 2.45) is 0 Å². The van der Waals surface area contributed by atoms with Crippen LogP contribution in [0.15, 0.2) is 54.7 Å². The van der Waals surface area contributed by atoms with Crippen LogP contribution < -0.4 is 10.5 Å². The van der Waals surface area contributed by atoms with E-state index in [4.69, 9.17) is 10.5 Å². The Balaban J connectivity index is 2.10. The molecule has 0 saturated heterocycles. The van der Waals surface area contributed by atoms with Crippen molar-refractivity contribution in [3.05, 3.63) is 60.5 Å². The molecule has 5 heteroatoms. The quantitative estimate of drug-likeness (QED) is 0.802. The van der Waals surface area contributed by atoms with Gasteiger partial charge < -0.3 is 10.5 Å². The molecule has 0 aliphatic rings. The van der Waals surface area contributed by atoms with Gasteiger partial charge in [0, 0.05) is 5.56 Å². The number of nitrogens with zero attached hydrogens (tertiary/aromatic N) is 2. The summed E-state index contributed by atoms with van der Waals surface area (Å²) >= 11 is 0. The van der Waals surface area contributed by atoms with E-state index in [0.717, 1.165) is 5.69 Å². The zero-order chi connectivity index (χ0) is 14.8. The van der Waals surface area contributed by atoms with E-state index in [-0.39, 0.29) is 5.82 Å². The summed E-state index contributed by atoms with van der Waals surface area (Å²) in [5, 5.41) is 4.44. The Labute approximate surface area is 121 Å². The molecule has 2 N–H and O–H groups in total. The van der Waals surface area contributed by atoms with Gasteiger partial charge in [-0.25, -0.2) is 9.07 Å². The van der Waals surface area contributed by atoms with E-state index in [1.807, 2.05) is 24.3 Å². The summed E-state index contributed by atoms with van der Waals surface area (Å²) in [5.74, 6) is 0.365. The van der Waals surface area contributed by atoms with Crippen LogP contribution in [-0.4, -0.2) is 16.9 Å². The van der Waals surface area contributed by atoms with Crippen LogP contribution in [0.2, 0.25) is 0 Å². The SMILES string of the molecule is COc1ccccc1-n1cc(N)c(-c2cccc(F)c2)n1. The topological polar surface area (TPSA) is 53.1 Å². The van der Waals surface area contributed by atoms with Gasteiger partial charge in [0.1, 0.15) is 22.9 Å². The number of nitrogens with two attached hydrogens (primary N) is 1. The number of aromatic nitrogens is 2. The molecule has 0 aliphatic heterocycles. The molecule has 0 spiro atoms. The first-order valence-electron chi connectivity index (χ1n) is 6.43. The number of nitrogen functional groups attached to an aromatic ring is 1. The predicted octanol–water partition coefficient (Wildman–Crippen LogP) is 3.27. The maximum absolute atomic E-state index is 13.3. The average molecular weight is 283 g/mol. The Morgan fingerprint density at radius 3 is 2.71 bits per heavy atom. The largest absolute Gasteiger partial charge is 0.494 e. The molecule has 2 aromatic carbocycles. The number of benzene rings is 2. The van der Waals surface area contributed by atoms with Crippen molar-refractivity contribution in [3.63, 3.8) is 0 Å². The van der Waals surface area contributed by atoms with Crippen LogP contribution >= 0.6 is 0 Å². The van der Waals surface area contributed by atoms with Gasteiger partial charge in [0.05, 0.1) is 19.0 Å². The lowest BCUT2D eigenvalue weighted by Gasteiger charge is -2.07. The number of anilines is 1. The number of hydrogen-bond donors (Lipinski definition) is 1. The van der Waals surface area contributed by atoms with Crippen molar-refractivity contribution in [1.82, 2.24) is 9.78 Å². The number of rotatable bonds is 3. The number of methoxy groups -OCH3 is 1. The molecule has 0 amide bonds. The fourth-order valence-corrected chi connectivity index (χ4v) is 2.19. The number of hydrogen-bond acceptors (Lipinski definition) is 3. The van der Waals surface area contributed by atoms with E-state index >= 15 is 0 Å². The highest BCUT2D eigenvalue weighted by molar-refractivity contribution is 5.72. The second-order valence-electron chi connectivity index (χ2n) is 4.56. The first-order valence-corrected chi connectivity index (χ1v) is 6.43. The Kier molecular flexibility index (Phi) is 3.31. The third-order valence-corrected chi connectivity index (χ3v) is 3.17. The fraction of sp³-hybridized carbons (Fsp3) is 0.0625. The smallest absolute Gasteiger partial charge is 0.144 e. The highest BCUT2D eigenvalue weighted by atomic mass is 19.1. The van der Waals surface area contributed by atoms with Gasteiger partial charge in [0.15, 0.2) is 0 Å². The average Bonchev–Trinajstić information content (AvgIpc) is 2.89. The summed E-state index contributed by atoms with van der Waals surface area (Å²) in [6, 6.07) is 13.7. The summed E-state index contributed by atoms with van der Waals surface area (Å²) in [6.07, 6.45) is 1.69. The number of halogens is 1. The van der Waals surface area contributed by atoms with E-state index in [2.05, 4.69) is 5.10 Å². The zero-order valence-corrected chi connectivity index (χ0v) is 11.5. The minimum absolute atomic E-state index is 0.321. The van der Waals surface area contributed by atoms with Gasteiger partial charge in [0.2, 0.25) is 0 Å². The van der Waals surface area contributed by atoms with Gasteiger partial charge in [-0.2, -0.15) is 5.10 Å². The molecule has 0 radical (unpaired) electrons. The van der Waals surface area contributed by atoms with Crippen LogP contribution in [0.3, 0.4) is 0 Å². The van der Waals surface area contributed by atoms with Gasteiger partial charge in [0.25, 0.3) is 0 Å². The van der Waals surface area contributed by atoms with Crippen molar-refractivity contribution in [3.8, 4) is 22.7 Å². The zero-order valence-electron chi connectivity index (χ0n) is 11.5. The number of para-hydroxylation sites is 2. The molecule has 0 unspecified atom stereocenters. The molecule has 21 heavy (non-hydrogen) atoms. The van der Waals surface area contributed by atoms with Gasteiger partial charge in [-0.3, -0.25) is 0 Å². The minimum Gasteiger partial charge on any atom is -0.494 e. The van der Waals surface area contributed by atoms with Gasteiger partial charge >= 0.3 is 0 Å². The molecule has 0 atom stereocenters. The molecule has 1 aromatic heterocycles. The lowest BCUT2D eigenvalue weighted by Crippen LogP contribution is -1.98. The van der Waals surface area contributed by atoms with Crippen molar-refractivity contribution >= 4 is 5.69 Å². The Morgan fingerprint density at radius 1 is 1.14 bits per heavy atom. The molecule has 106 valence electrons. The van der Waals surface area contributed by atoms with Gasteiger partial charge in [-0.15, -0.1) is 0 Å². The van der Waals surface area contributed by atoms with Crippen molar-refractivity contribution in [2.45, 2.75) is 0 Å². The molecule has 3 aromatic rings. The lowest BCUT2D eigenvalue weighted by atomic mass is 10.1. The van der Waals surface area contributed by atoms with Crippen molar-refractivity contribution in [2.75, 3.05) is 12.8 Å². The second-order valence-corrected chi connectivity index (χ2v) is 4.56. The third-order valence-electron chi connectivity index (χ3n) is 3.17. The molecule has 3 rings (SSSR count). The van der Waals surface area contributed by atoms with Gasteiger partial charge in [-0.1, -0.05) is 24.3 Å². The molecular formula is C16H14FN3O. The van der Waals surface area contributed by atoms with E-state index < -0.39 is 0 Å². The maximum atomic E-state index is 13.3. The highest BCUT2D eigenvalue weighted by Crippen LogP contribution is 2.28. The fourth-order valence-electron chi connectivity index (χ4n) is 2.19. The summed E-state index contributed by atoms with van der Waals surface area (Å²) < 4.78 is 20.3. The van der Waals surface area contributed by atoms with Crippen LogP contribution in [0.5, 0.6) is 5.75 Å². The summed E-state index contributed by atoms with van der Waals surface area (Å²) in [6.45, 7) is 0. The first kappa shape index (κ1) is 13.2. The Morgan fingerprint density at radius 2 is 1.95 bits per heavy atom. The lowest BCUT2D eigenvalue weighted by molar-refractivity contribution is 0.412. The second kappa shape index (κ2) is 5.28. The standard InChI is InChI=1S/C16H14FN3O/c1-21-15-8-3-2-7-14(15)20-10-13(18)16(19-20)11-5-4-6-12(17)9-11/h2-10H,18H2,1H3. The molecule has 0 fully saturated rings. The Hall–Kier alpha value is -2.82. The maximum Gasteiger partial charge on any atom is 0.144 e. The molecule has 0 saturated carbocycles. The van der Waals surface area contributed by atoms with E-state index in [1.54, 1.807) is 30.1 Å².